The molecule has 8 heteroatoms. The molecule has 1 aromatic heterocycles. The van der Waals surface area contributed by atoms with Crippen LogP contribution in [0.4, 0.5) is 0 Å². The molecule has 0 spiro atoms. The van der Waals surface area contributed by atoms with Gasteiger partial charge in [-0.1, -0.05) is 11.8 Å². The standard InChI is InChI=1S/C12H15N3O4S/c1-7(16)20-9-3-11(17)15(5-9)10(12(18)19)2-8-4-13-6-14-8/h4,6,9-10H,2-3,5H2,1H3,(H,13,14)(H,18,19)/t9?,10-/m0/s1. The minimum atomic E-state index is -1.05. The summed E-state index contributed by atoms with van der Waals surface area (Å²) in [5, 5.41) is 9.09. The maximum atomic E-state index is 12.0. The summed E-state index contributed by atoms with van der Waals surface area (Å²) in [5.74, 6) is -1.28. The number of aliphatic carboxylic acids is 1. The fourth-order valence-corrected chi connectivity index (χ4v) is 3.18. The number of imidazole rings is 1. The van der Waals surface area contributed by atoms with Crippen LogP contribution in [0.1, 0.15) is 19.0 Å². The van der Waals surface area contributed by atoms with E-state index in [0.717, 1.165) is 11.8 Å². The van der Waals surface area contributed by atoms with Crippen LogP contribution in [0, 0.1) is 0 Å². The van der Waals surface area contributed by atoms with Crippen molar-refractivity contribution in [3.8, 4) is 0 Å². The van der Waals surface area contributed by atoms with Crippen molar-refractivity contribution in [3.05, 3.63) is 18.2 Å². The normalized spacial score (nSPS) is 20.1. The lowest BCUT2D eigenvalue weighted by atomic mass is 10.1. The molecule has 0 aromatic carbocycles. The van der Waals surface area contributed by atoms with Crippen molar-refractivity contribution in [1.82, 2.24) is 14.9 Å². The van der Waals surface area contributed by atoms with Gasteiger partial charge >= 0.3 is 5.97 Å². The average Bonchev–Trinajstić information content (AvgIpc) is 2.95. The van der Waals surface area contributed by atoms with Gasteiger partial charge in [-0.25, -0.2) is 9.78 Å². The molecule has 1 aliphatic heterocycles. The van der Waals surface area contributed by atoms with Crippen LogP contribution in [0.5, 0.6) is 0 Å². The molecule has 2 heterocycles. The summed E-state index contributed by atoms with van der Waals surface area (Å²) < 4.78 is 0. The molecule has 1 saturated heterocycles. The first-order valence-electron chi connectivity index (χ1n) is 6.14. The number of carbonyl (C=O) groups is 3. The highest BCUT2D eigenvalue weighted by Gasteiger charge is 2.38. The summed E-state index contributed by atoms with van der Waals surface area (Å²) in [4.78, 5) is 42.4. The number of nitrogens with zero attached hydrogens (tertiary/aromatic N) is 2. The van der Waals surface area contributed by atoms with Crippen molar-refractivity contribution in [2.75, 3.05) is 6.54 Å². The topological polar surface area (TPSA) is 103 Å². The Hall–Kier alpha value is -1.83. The first kappa shape index (κ1) is 14.6. The Kier molecular flexibility index (Phi) is 4.43. The van der Waals surface area contributed by atoms with E-state index in [4.69, 9.17) is 0 Å². The van der Waals surface area contributed by atoms with Crippen molar-refractivity contribution in [3.63, 3.8) is 0 Å². The lowest BCUT2D eigenvalue weighted by Crippen LogP contribution is -2.44. The number of hydrogen-bond acceptors (Lipinski definition) is 5. The fourth-order valence-electron chi connectivity index (χ4n) is 2.25. The van der Waals surface area contributed by atoms with Gasteiger partial charge in [-0.2, -0.15) is 0 Å². The van der Waals surface area contributed by atoms with E-state index >= 15 is 0 Å². The molecule has 0 bridgehead atoms. The molecule has 2 rings (SSSR count). The molecule has 2 atom stereocenters. The smallest absolute Gasteiger partial charge is 0.326 e. The molecule has 0 saturated carbocycles. The highest BCUT2D eigenvalue weighted by Crippen LogP contribution is 2.26. The number of hydrogen-bond donors (Lipinski definition) is 2. The Morgan fingerprint density at radius 2 is 2.40 bits per heavy atom. The third kappa shape index (κ3) is 3.38. The van der Waals surface area contributed by atoms with E-state index in [1.165, 1.54) is 24.3 Å². The molecule has 0 aliphatic carbocycles. The van der Waals surface area contributed by atoms with Crippen LogP contribution in [0.25, 0.3) is 0 Å². The van der Waals surface area contributed by atoms with Gasteiger partial charge in [0.2, 0.25) is 5.91 Å². The summed E-state index contributed by atoms with van der Waals surface area (Å²) in [6.45, 7) is 1.73. The van der Waals surface area contributed by atoms with Crippen LogP contribution in [0.2, 0.25) is 0 Å². The second-order valence-corrected chi connectivity index (χ2v) is 6.09. The summed E-state index contributed by atoms with van der Waals surface area (Å²) in [5.41, 5.74) is 0.660. The summed E-state index contributed by atoms with van der Waals surface area (Å²) in [7, 11) is 0. The number of H-pyrrole nitrogens is 1. The lowest BCUT2D eigenvalue weighted by molar-refractivity contribution is -0.148. The van der Waals surface area contributed by atoms with E-state index in [1.807, 2.05) is 0 Å². The number of amides is 1. The molecule has 2 N–H and O–H groups in total. The molecule has 20 heavy (non-hydrogen) atoms. The lowest BCUT2D eigenvalue weighted by Gasteiger charge is -2.24. The zero-order valence-corrected chi connectivity index (χ0v) is 11.7. The average molecular weight is 297 g/mol. The van der Waals surface area contributed by atoms with Crippen LogP contribution in [0.3, 0.4) is 0 Å². The molecular weight excluding hydrogens is 282 g/mol. The number of rotatable bonds is 5. The maximum absolute atomic E-state index is 12.0. The van der Waals surface area contributed by atoms with E-state index in [9.17, 15) is 19.5 Å². The van der Waals surface area contributed by atoms with Crippen LogP contribution in [0.15, 0.2) is 12.5 Å². The molecular formula is C12H15N3O4S. The number of aromatic amines is 1. The number of thioether (sulfide) groups is 1. The molecule has 1 fully saturated rings. The first-order chi connectivity index (χ1) is 9.47. The van der Waals surface area contributed by atoms with Gasteiger partial charge in [-0.05, 0) is 0 Å². The number of carboxylic acid groups (broad SMARTS) is 1. The Bertz CT molecular complexity index is 517. The molecule has 108 valence electrons. The second kappa shape index (κ2) is 6.08. The third-order valence-electron chi connectivity index (χ3n) is 3.08. The Morgan fingerprint density at radius 1 is 1.65 bits per heavy atom. The number of likely N-dealkylation sites (tertiary alicyclic amines) is 1. The number of carbonyl (C=O) groups excluding carboxylic acids is 2. The van der Waals surface area contributed by atoms with Crippen molar-refractivity contribution < 1.29 is 19.5 Å². The van der Waals surface area contributed by atoms with Gasteiger partial charge in [0.15, 0.2) is 5.12 Å². The quantitative estimate of drug-likeness (QED) is 0.809. The van der Waals surface area contributed by atoms with E-state index < -0.39 is 12.0 Å². The zero-order chi connectivity index (χ0) is 14.7. The Labute approximate surface area is 119 Å². The molecule has 1 unspecified atom stereocenters. The van der Waals surface area contributed by atoms with E-state index in [1.54, 1.807) is 0 Å². The molecule has 0 radical (unpaired) electrons. The van der Waals surface area contributed by atoms with Crippen molar-refractivity contribution in [2.24, 2.45) is 0 Å². The minimum absolute atomic E-state index is 0.0647. The summed E-state index contributed by atoms with van der Waals surface area (Å²) in [6.07, 6.45) is 3.39. The molecule has 1 amide bonds. The fraction of sp³-hybridized carbons (Fsp3) is 0.500. The predicted octanol–water partition coefficient (Wildman–Crippen LogP) is 0.286. The highest BCUT2D eigenvalue weighted by atomic mass is 32.2. The Morgan fingerprint density at radius 3 is 2.95 bits per heavy atom. The van der Waals surface area contributed by atoms with Gasteiger partial charge in [0, 0.05) is 43.5 Å². The van der Waals surface area contributed by atoms with Gasteiger partial charge in [0.05, 0.1) is 6.33 Å². The SMILES string of the molecule is CC(=O)SC1CC(=O)N([C@@H](Cc2cnc[nH]2)C(=O)O)C1. The minimum Gasteiger partial charge on any atom is -0.480 e. The zero-order valence-electron chi connectivity index (χ0n) is 10.9. The second-order valence-electron chi connectivity index (χ2n) is 4.62. The number of aromatic nitrogens is 2. The first-order valence-corrected chi connectivity index (χ1v) is 7.02. The number of nitrogens with one attached hydrogen (secondary N) is 1. The van der Waals surface area contributed by atoms with Crippen LogP contribution in [-0.2, 0) is 20.8 Å². The van der Waals surface area contributed by atoms with E-state index in [-0.39, 0.29) is 35.7 Å². The summed E-state index contributed by atoms with van der Waals surface area (Å²) in [6, 6.07) is -0.930. The summed E-state index contributed by atoms with van der Waals surface area (Å²) >= 11 is 1.09. The monoisotopic (exact) mass is 297 g/mol. The highest BCUT2D eigenvalue weighted by molar-refractivity contribution is 8.14. The maximum Gasteiger partial charge on any atom is 0.326 e. The van der Waals surface area contributed by atoms with Crippen molar-refractivity contribution in [2.45, 2.75) is 31.1 Å². The van der Waals surface area contributed by atoms with E-state index in [0.29, 0.717) is 5.69 Å². The van der Waals surface area contributed by atoms with Gasteiger partial charge < -0.3 is 15.0 Å². The Balaban J connectivity index is 2.08. The van der Waals surface area contributed by atoms with Gasteiger partial charge in [-0.15, -0.1) is 0 Å². The largest absolute Gasteiger partial charge is 0.480 e. The van der Waals surface area contributed by atoms with Crippen molar-refractivity contribution in [1.29, 1.82) is 0 Å². The van der Waals surface area contributed by atoms with Crippen LogP contribution < -0.4 is 0 Å². The predicted molar refractivity (Wildman–Crippen MR) is 72.1 cm³/mol. The molecule has 1 aliphatic rings. The van der Waals surface area contributed by atoms with Gasteiger partial charge in [-0.3, -0.25) is 9.59 Å². The third-order valence-corrected chi connectivity index (χ3v) is 4.07. The number of carboxylic acids is 1. The molecule has 7 nitrogen and oxygen atoms in total. The van der Waals surface area contributed by atoms with Crippen LogP contribution in [-0.4, -0.2) is 54.8 Å². The van der Waals surface area contributed by atoms with Gasteiger partial charge in [0.1, 0.15) is 6.04 Å². The van der Waals surface area contributed by atoms with Crippen molar-refractivity contribution >= 4 is 28.8 Å². The van der Waals surface area contributed by atoms with E-state index in [2.05, 4.69) is 9.97 Å². The molecule has 1 aromatic rings. The van der Waals surface area contributed by atoms with Gasteiger partial charge in [0.25, 0.3) is 0 Å². The van der Waals surface area contributed by atoms with Crippen LogP contribution >= 0.6 is 11.8 Å².